The summed E-state index contributed by atoms with van der Waals surface area (Å²) in [5.41, 5.74) is 4.77. The fraction of sp³-hybridized carbons (Fsp3) is 0.368. The van der Waals surface area contributed by atoms with Crippen LogP contribution >= 0.6 is 0 Å². The monoisotopic (exact) mass is 351 g/mol. The minimum Gasteiger partial charge on any atom is -0.345 e. The van der Waals surface area contributed by atoms with Gasteiger partial charge in [-0.05, 0) is 43.0 Å². The topological polar surface area (TPSA) is 85.8 Å². The Labute approximate surface area is 151 Å². The summed E-state index contributed by atoms with van der Waals surface area (Å²) in [6, 6.07) is 6.13. The Hall–Kier alpha value is -2.96. The molecule has 0 bridgehead atoms. The quantitative estimate of drug-likeness (QED) is 0.781. The molecule has 1 amide bonds. The van der Waals surface area contributed by atoms with Crippen molar-refractivity contribution in [3.8, 4) is 11.5 Å². The Kier molecular flexibility index (Phi) is 4.06. The Morgan fingerprint density at radius 3 is 2.96 bits per heavy atom. The summed E-state index contributed by atoms with van der Waals surface area (Å²) in [5, 5.41) is 11.2. The van der Waals surface area contributed by atoms with Gasteiger partial charge in [-0.1, -0.05) is 18.1 Å². The second-order valence-corrected chi connectivity index (χ2v) is 6.61. The van der Waals surface area contributed by atoms with Crippen LogP contribution in [-0.2, 0) is 19.9 Å². The summed E-state index contributed by atoms with van der Waals surface area (Å²) in [4.78, 5) is 17.0. The van der Waals surface area contributed by atoms with Gasteiger partial charge in [0.2, 0.25) is 0 Å². The lowest BCUT2D eigenvalue weighted by atomic mass is 10.0. The van der Waals surface area contributed by atoms with Crippen LogP contribution in [0.25, 0.3) is 11.5 Å². The zero-order valence-corrected chi connectivity index (χ0v) is 15.1. The predicted molar refractivity (Wildman–Crippen MR) is 95.6 cm³/mol. The summed E-state index contributed by atoms with van der Waals surface area (Å²) >= 11 is 0. The minimum absolute atomic E-state index is 0.0139. The summed E-state index contributed by atoms with van der Waals surface area (Å²) in [6.45, 7) is 3.89. The Morgan fingerprint density at radius 2 is 2.27 bits per heavy atom. The van der Waals surface area contributed by atoms with E-state index in [9.17, 15) is 4.79 Å². The number of fused-ring (bicyclic) bond motifs is 1. The van der Waals surface area contributed by atoms with E-state index in [0.29, 0.717) is 17.3 Å². The van der Waals surface area contributed by atoms with E-state index in [1.165, 1.54) is 5.56 Å². The highest BCUT2D eigenvalue weighted by atomic mass is 16.5. The maximum absolute atomic E-state index is 12.6. The predicted octanol–water partition coefficient (Wildman–Crippen LogP) is 2.76. The lowest BCUT2D eigenvalue weighted by Gasteiger charge is -2.14. The van der Waals surface area contributed by atoms with Crippen LogP contribution in [-0.4, -0.2) is 25.8 Å². The first-order valence-corrected chi connectivity index (χ1v) is 8.82. The largest absolute Gasteiger partial charge is 0.345 e. The van der Waals surface area contributed by atoms with Crippen molar-refractivity contribution in [3.63, 3.8) is 0 Å². The van der Waals surface area contributed by atoms with Crippen molar-refractivity contribution in [2.24, 2.45) is 7.05 Å². The number of nitrogens with one attached hydrogen (secondary N) is 1. The molecule has 1 aliphatic rings. The maximum Gasteiger partial charge on any atom is 0.257 e. The number of aromatic nitrogens is 4. The number of aryl methyl sites for hydroxylation is 3. The van der Waals surface area contributed by atoms with E-state index in [-0.39, 0.29) is 11.9 Å². The molecule has 0 saturated carbocycles. The number of hydrogen-bond donors (Lipinski definition) is 1. The van der Waals surface area contributed by atoms with Crippen LogP contribution in [0.3, 0.4) is 0 Å². The molecule has 2 aromatic heterocycles. The molecule has 1 aromatic carbocycles. The fourth-order valence-electron chi connectivity index (χ4n) is 3.37. The molecule has 0 unspecified atom stereocenters. The number of rotatable bonds is 4. The molecule has 2 heterocycles. The van der Waals surface area contributed by atoms with Gasteiger partial charge in [0, 0.05) is 24.7 Å². The van der Waals surface area contributed by atoms with E-state index in [1.54, 1.807) is 10.9 Å². The van der Waals surface area contributed by atoms with Crippen molar-refractivity contribution < 1.29 is 9.32 Å². The highest BCUT2D eigenvalue weighted by Crippen LogP contribution is 2.34. The Morgan fingerprint density at radius 1 is 1.42 bits per heavy atom. The molecular weight excluding hydrogens is 330 g/mol. The zero-order valence-electron chi connectivity index (χ0n) is 15.1. The van der Waals surface area contributed by atoms with Gasteiger partial charge in [0.25, 0.3) is 11.8 Å². The van der Waals surface area contributed by atoms with Crippen LogP contribution < -0.4 is 5.32 Å². The Balaban J connectivity index is 1.54. The van der Waals surface area contributed by atoms with Crippen molar-refractivity contribution in [1.29, 1.82) is 0 Å². The average molecular weight is 351 g/mol. The number of carbonyl (C=O) groups is 1. The number of carbonyl (C=O) groups excluding carboxylic acids is 1. The normalized spacial score (nSPS) is 15.9. The molecule has 26 heavy (non-hydrogen) atoms. The molecule has 7 nitrogen and oxygen atoms in total. The molecule has 0 aliphatic heterocycles. The van der Waals surface area contributed by atoms with E-state index in [1.807, 2.05) is 27.0 Å². The fourth-order valence-corrected chi connectivity index (χ4v) is 3.37. The molecule has 0 spiro atoms. The molecule has 1 atom stereocenters. The maximum atomic E-state index is 12.6. The van der Waals surface area contributed by atoms with Crippen molar-refractivity contribution in [3.05, 3.63) is 52.6 Å². The van der Waals surface area contributed by atoms with Gasteiger partial charge in [-0.25, -0.2) is 0 Å². The van der Waals surface area contributed by atoms with Crippen LogP contribution in [0.2, 0.25) is 0 Å². The summed E-state index contributed by atoms with van der Waals surface area (Å²) in [6.07, 6.45) is 4.16. The average Bonchev–Trinajstić information content (AvgIpc) is 3.35. The highest BCUT2D eigenvalue weighted by molar-refractivity contribution is 5.95. The van der Waals surface area contributed by atoms with E-state index < -0.39 is 0 Å². The van der Waals surface area contributed by atoms with Gasteiger partial charge >= 0.3 is 0 Å². The van der Waals surface area contributed by atoms with E-state index in [4.69, 9.17) is 4.52 Å². The molecule has 1 N–H and O–H groups in total. The smallest absolute Gasteiger partial charge is 0.257 e. The van der Waals surface area contributed by atoms with Gasteiger partial charge in [0.05, 0.1) is 17.8 Å². The summed E-state index contributed by atoms with van der Waals surface area (Å²) in [7, 11) is 1.83. The SMILES string of the molecule is CCc1noc(-c2ccc3c(c2)CC[C@H]3NC(=O)c2cnn(C)c2C)n1. The molecule has 0 saturated heterocycles. The van der Waals surface area contributed by atoms with Crippen LogP contribution in [0.15, 0.2) is 28.9 Å². The van der Waals surface area contributed by atoms with Crippen LogP contribution in [0.1, 0.15) is 52.4 Å². The minimum atomic E-state index is -0.0815. The standard InChI is InChI=1S/C19H21N5O2/c1-4-17-22-19(26-23-17)13-5-7-14-12(9-13)6-8-16(14)21-18(25)15-10-20-24(3)11(15)2/h5,7,9-10,16H,4,6,8H2,1-3H3,(H,21,25)/t16-/m1/s1. The van der Waals surface area contributed by atoms with Crippen LogP contribution in [0.5, 0.6) is 0 Å². The molecular formula is C19H21N5O2. The van der Waals surface area contributed by atoms with Gasteiger partial charge in [0.1, 0.15) is 0 Å². The number of hydrogen-bond acceptors (Lipinski definition) is 5. The molecule has 0 radical (unpaired) electrons. The molecule has 1 aliphatic carbocycles. The molecule has 0 fully saturated rings. The number of nitrogens with zero attached hydrogens (tertiary/aromatic N) is 4. The lowest BCUT2D eigenvalue weighted by molar-refractivity contribution is 0.0936. The molecule has 4 rings (SSSR count). The van der Waals surface area contributed by atoms with Gasteiger partial charge in [-0.3, -0.25) is 9.48 Å². The first kappa shape index (κ1) is 16.5. The van der Waals surface area contributed by atoms with Crippen molar-refractivity contribution in [1.82, 2.24) is 25.2 Å². The molecule has 134 valence electrons. The second kappa shape index (κ2) is 6.40. The van der Waals surface area contributed by atoms with Crippen molar-refractivity contribution in [2.45, 2.75) is 39.2 Å². The molecule has 3 aromatic rings. The first-order valence-electron chi connectivity index (χ1n) is 8.82. The van der Waals surface area contributed by atoms with Crippen molar-refractivity contribution >= 4 is 5.91 Å². The number of benzene rings is 1. The van der Waals surface area contributed by atoms with Gasteiger partial charge in [-0.2, -0.15) is 10.1 Å². The van der Waals surface area contributed by atoms with Gasteiger partial charge < -0.3 is 9.84 Å². The third-order valence-electron chi connectivity index (χ3n) is 5.04. The lowest BCUT2D eigenvalue weighted by Crippen LogP contribution is -2.27. The van der Waals surface area contributed by atoms with Gasteiger partial charge in [-0.15, -0.1) is 0 Å². The molecule has 7 heteroatoms. The van der Waals surface area contributed by atoms with E-state index in [2.05, 4.69) is 32.7 Å². The number of amides is 1. The van der Waals surface area contributed by atoms with E-state index >= 15 is 0 Å². The zero-order chi connectivity index (χ0) is 18.3. The van der Waals surface area contributed by atoms with Gasteiger partial charge in [0.15, 0.2) is 5.82 Å². The van der Waals surface area contributed by atoms with E-state index in [0.717, 1.165) is 36.1 Å². The second-order valence-electron chi connectivity index (χ2n) is 6.61. The van der Waals surface area contributed by atoms with Crippen molar-refractivity contribution in [2.75, 3.05) is 0 Å². The highest BCUT2D eigenvalue weighted by Gasteiger charge is 2.26. The summed E-state index contributed by atoms with van der Waals surface area (Å²) < 4.78 is 7.03. The third-order valence-corrected chi connectivity index (χ3v) is 5.04. The first-order chi connectivity index (χ1) is 12.6. The van der Waals surface area contributed by atoms with Crippen LogP contribution in [0.4, 0.5) is 0 Å². The third kappa shape index (κ3) is 2.79. The van der Waals surface area contributed by atoms with Crippen LogP contribution in [0, 0.1) is 6.92 Å². The summed E-state index contributed by atoms with van der Waals surface area (Å²) in [5.74, 6) is 1.17. The Bertz CT molecular complexity index is 972.